The number of benzene rings is 1. The lowest BCUT2D eigenvalue weighted by molar-refractivity contribution is 0.766. The monoisotopic (exact) mass is 201 g/mol. The molecule has 0 atom stereocenters. The molecule has 0 aliphatic carbocycles. The Morgan fingerprint density at radius 2 is 1.87 bits per heavy atom. The zero-order chi connectivity index (χ0) is 10.8. The van der Waals surface area contributed by atoms with Gasteiger partial charge >= 0.3 is 0 Å². The Labute approximate surface area is 89.8 Å². The van der Waals surface area contributed by atoms with Gasteiger partial charge in [-0.05, 0) is 31.9 Å². The van der Waals surface area contributed by atoms with Gasteiger partial charge in [-0.3, -0.25) is 0 Å². The molecule has 0 fully saturated rings. The Morgan fingerprint density at radius 1 is 1.20 bits per heavy atom. The third-order valence-corrected chi connectivity index (χ3v) is 2.66. The summed E-state index contributed by atoms with van der Waals surface area (Å²) < 4.78 is 2.06. The quantitative estimate of drug-likeness (QED) is 0.747. The minimum Gasteiger partial charge on any atom is -0.314 e. The molecule has 0 N–H and O–H groups in total. The third-order valence-electron chi connectivity index (χ3n) is 2.66. The molecule has 0 saturated carbocycles. The van der Waals surface area contributed by atoms with Gasteiger partial charge in [-0.2, -0.15) is 0 Å². The highest BCUT2D eigenvalue weighted by atomic mass is 15.3. The second-order valence-electron chi connectivity index (χ2n) is 3.71. The highest BCUT2D eigenvalue weighted by Gasteiger charge is 2.10. The third kappa shape index (κ3) is 1.65. The van der Waals surface area contributed by atoms with Crippen LogP contribution in [0, 0.1) is 13.8 Å². The summed E-state index contributed by atoms with van der Waals surface area (Å²) >= 11 is 0. The Balaban J connectivity index is 2.63. The maximum absolute atomic E-state index is 4.19. The fraction of sp³-hybridized carbons (Fsp3) is 0.333. The summed E-state index contributed by atoms with van der Waals surface area (Å²) in [4.78, 5) is 0. The van der Waals surface area contributed by atoms with Crippen molar-refractivity contribution in [2.75, 3.05) is 0 Å². The molecule has 0 unspecified atom stereocenters. The van der Waals surface area contributed by atoms with Gasteiger partial charge in [0.1, 0.15) is 6.33 Å². The predicted molar refractivity (Wildman–Crippen MR) is 60.6 cm³/mol. The number of hydrogen-bond donors (Lipinski definition) is 0. The molecule has 3 nitrogen and oxygen atoms in total. The maximum atomic E-state index is 4.19. The zero-order valence-electron chi connectivity index (χ0n) is 9.36. The maximum Gasteiger partial charge on any atom is 0.164 e. The largest absolute Gasteiger partial charge is 0.314 e. The predicted octanol–water partition coefficient (Wildman–Crippen LogP) is 2.58. The van der Waals surface area contributed by atoms with Gasteiger partial charge in [-0.25, -0.2) is 0 Å². The summed E-state index contributed by atoms with van der Waals surface area (Å²) in [7, 11) is 0. The van der Waals surface area contributed by atoms with E-state index in [4.69, 9.17) is 0 Å². The first-order valence-corrected chi connectivity index (χ1v) is 5.18. The van der Waals surface area contributed by atoms with E-state index in [0.29, 0.717) is 0 Å². The summed E-state index contributed by atoms with van der Waals surface area (Å²) in [5.74, 6) is 0.966. The van der Waals surface area contributed by atoms with Crippen LogP contribution in [0.2, 0.25) is 0 Å². The van der Waals surface area contributed by atoms with Crippen molar-refractivity contribution in [1.29, 1.82) is 0 Å². The molecular formula is C12H15N3. The fourth-order valence-electron chi connectivity index (χ4n) is 1.85. The molecular weight excluding hydrogens is 186 g/mol. The van der Waals surface area contributed by atoms with Crippen molar-refractivity contribution in [3.8, 4) is 11.4 Å². The molecule has 1 heterocycles. The van der Waals surface area contributed by atoms with Crippen LogP contribution in [-0.2, 0) is 6.54 Å². The highest BCUT2D eigenvalue weighted by Crippen LogP contribution is 2.24. The van der Waals surface area contributed by atoms with Crippen LogP contribution in [0.5, 0.6) is 0 Å². The standard InChI is InChI=1S/C12H15N3/c1-4-15-8-13-14-12(15)11-9(2)6-5-7-10(11)3/h5-8H,4H2,1-3H3. The molecule has 2 aromatic rings. The first-order chi connectivity index (χ1) is 7.24. The summed E-state index contributed by atoms with van der Waals surface area (Å²) in [5, 5.41) is 8.16. The van der Waals surface area contributed by atoms with Crippen LogP contribution in [0.3, 0.4) is 0 Å². The second-order valence-corrected chi connectivity index (χ2v) is 3.71. The topological polar surface area (TPSA) is 30.7 Å². The van der Waals surface area contributed by atoms with Crippen LogP contribution in [-0.4, -0.2) is 14.8 Å². The molecule has 0 amide bonds. The minimum absolute atomic E-state index is 0.899. The normalized spacial score (nSPS) is 10.6. The lowest BCUT2D eigenvalue weighted by Crippen LogP contribution is -1.99. The van der Waals surface area contributed by atoms with Crippen molar-refractivity contribution in [2.24, 2.45) is 0 Å². The molecule has 15 heavy (non-hydrogen) atoms. The molecule has 0 spiro atoms. The number of rotatable bonds is 2. The Kier molecular flexibility index (Phi) is 2.54. The number of aryl methyl sites for hydroxylation is 3. The molecule has 0 radical (unpaired) electrons. The van der Waals surface area contributed by atoms with Crippen molar-refractivity contribution in [2.45, 2.75) is 27.3 Å². The average molecular weight is 201 g/mol. The lowest BCUT2D eigenvalue weighted by atomic mass is 10.0. The van der Waals surface area contributed by atoms with Gasteiger partial charge in [0, 0.05) is 12.1 Å². The molecule has 0 saturated heterocycles. The Bertz CT molecular complexity index is 451. The van der Waals surface area contributed by atoms with Crippen LogP contribution >= 0.6 is 0 Å². The number of hydrogen-bond acceptors (Lipinski definition) is 2. The van der Waals surface area contributed by atoms with E-state index >= 15 is 0 Å². The van der Waals surface area contributed by atoms with Gasteiger partial charge in [-0.15, -0.1) is 10.2 Å². The summed E-state index contributed by atoms with van der Waals surface area (Å²) in [6, 6.07) is 6.29. The van der Waals surface area contributed by atoms with Crippen molar-refractivity contribution in [3.05, 3.63) is 35.7 Å². The number of nitrogens with zero attached hydrogens (tertiary/aromatic N) is 3. The van der Waals surface area contributed by atoms with E-state index in [1.54, 1.807) is 6.33 Å². The van der Waals surface area contributed by atoms with Crippen molar-refractivity contribution >= 4 is 0 Å². The molecule has 1 aromatic carbocycles. The van der Waals surface area contributed by atoms with Crippen molar-refractivity contribution in [3.63, 3.8) is 0 Å². The molecule has 0 aliphatic heterocycles. The van der Waals surface area contributed by atoms with Gasteiger partial charge < -0.3 is 4.57 Å². The Hall–Kier alpha value is -1.64. The zero-order valence-corrected chi connectivity index (χ0v) is 9.36. The molecule has 78 valence electrons. The molecule has 0 bridgehead atoms. The van der Waals surface area contributed by atoms with Crippen LogP contribution < -0.4 is 0 Å². The van der Waals surface area contributed by atoms with Gasteiger partial charge in [-0.1, -0.05) is 18.2 Å². The molecule has 1 aromatic heterocycles. The van der Waals surface area contributed by atoms with Crippen LogP contribution in [0.25, 0.3) is 11.4 Å². The lowest BCUT2D eigenvalue weighted by Gasteiger charge is -2.09. The van der Waals surface area contributed by atoms with Crippen molar-refractivity contribution in [1.82, 2.24) is 14.8 Å². The van der Waals surface area contributed by atoms with Crippen LogP contribution in [0.1, 0.15) is 18.1 Å². The smallest absolute Gasteiger partial charge is 0.164 e. The number of aromatic nitrogens is 3. The molecule has 3 heteroatoms. The van der Waals surface area contributed by atoms with Gasteiger partial charge in [0.25, 0.3) is 0 Å². The van der Waals surface area contributed by atoms with E-state index in [0.717, 1.165) is 12.4 Å². The van der Waals surface area contributed by atoms with E-state index in [1.165, 1.54) is 16.7 Å². The average Bonchev–Trinajstić information content (AvgIpc) is 2.65. The van der Waals surface area contributed by atoms with Gasteiger partial charge in [0.05, 0.1) is 0 Å². The molecule has 0 aliphatic rings. The minimum atomic E-state index is 0.899. The first kappa shape index (κ1) is 9.90. The van der Waals surface area contributed by atoms with E-state index in [1.807, 2.05) is 0 Å². The fourth-order valence-corrected chi connectivity index (χ4v) is 1.85. The van der Waals surface area contributed by atoms with E-state index in [-0.39, 0.29) is 0 Å². The highest BCUT2D eigenvalue weighted by molar-refractivity contribution is 5.64. The van der Waals surface area contributed by atoms with Crippen LogP contribution in [0.4, 0.5) is 0 Å². The van der Waals surface area contributed by atoms with E-state index in [2.05, 4.69) is 53.7 Å². The first-order valence-electron chi connectivity index (χ1n) is 5.18. The van der Waals surface area contributed by atoms with Gasteiger partial charge in [0.15, 0.2) is 5.82 Å². The van der Waals surface area contributed by atoms with Crippen LogP contribution in [0.15, 0.2) is 24.5 Å². The van der Waals surface area contributed by atoms with E-state index < -0.39 is 0 Å². The molecule has 2 rings (SSSR count). The van der Waals surface area contributed by atoms with Crippen molar-refractivity contribution < 1.29 is 0 Å². The summed E-state index contributed by atoms with van der Waals surface area (Å²) in [6.07, 6.45) is 1.78. The van der Waals surface area contributed by atoms with Gasteiger partial charge in [0.2, 0.25) is 0 Å². The Morgan fingerprint density at radius 3 is 2.47 bits per heavy atom. The van der Waals surface area contributed by atoms with E-state index in [9.17, 15) is 0 Å². The summed E-state index contributed by atoms with van der Waals surface area (Å²) in [5.41, 5.74) is 3.70. The SMILES string of the molecule is CCn1cnnc1-c1c(C)cccc1C. The second kappa shape index (κ2) is 3.85. The summed E-state index contributed by atoms with van der Waals surface area (Å²) in [6.45, 7) is 7.21.